The third kappa shape index (κ3) is 2.17. The molecule has 1 unspecified atom stereocenters. The van der Waals surface area contributed by atoms with Gasteiger partial charge in [-0.2, -0.15) is 0 Å². The lowest BCUT2D eigenvalue weighted by Crippen LogP contribution is -2.41. The number of hydrogen-bond acceptors (Lipinski definition) is 1. The molecule has 0 spiro atoms. The minimum atomic E-state index is -2.69. The summed E-state index contributed by atoms with van der Waals surface area (Å²) in [6.45, 7) is 3.19. The molecule has 1 rings (SSSR count). The van der Waals surface area contributed by atoms with Gasteiger partial charge in [0, 0.05) is 12.8 Å². The van der Waals surface area contributed by atoms with Crippen molar-refractivity contribution in [3.8, 4) is 0 Å². The second-order valence-electron chi connectivity index (χ2n) is 4.45. The first-order chi connectivity index (χ1) is 5.75. The summed E-state index contributed by atoms with van der Waals surface area (Å²) in [5.74, 6) is -4.28. The van der Waals surface area contributed by atoms with Crippen molar-refractivity contribution in [3.63, 3.8) is 0 Å². The average Bonchev–Trinajstić information content (AvgIpc) is 1.79. The molecule has 1 saturated carbocycles. The molecule has 0 aromatic heterocycles. The number of halogens is 2. The number of hydrogen-bond donors (Lipinski definition) is 1. The third-order valence-electron chi connectivity index (χ3n) is 2.75. The van der Waals surface area contributed by atoms with Crippen molar-refractivity contribution in [1.29, 1.82) is 0 Å². The SMILES string of the molecule is CC1(C)CC(F)(F)CCC1C(=O)O. The topological polar surface area (TPSA) is 37.3 Å². The van der Waals surface area contributed by atoms with E-state index in [1.54, 1.807) is 13.8 Å². The van der Waals surface area contributed by atoms with Crippen molar-refractivity contribution >= 4 is 5.97 Å². The summed E-state index contributed by atoms with van der Waals surface area (Å²) in [5, 5.41) is 8.80. The Labute approximate surface area is 75.9 Å². The summed E-state index contributed by atoms with van der Waals surface area (Å²) < 4.78 is 25.9. The predicted octanol–water partition coefficient (Wildman–Crippen LogP) is 2.53. The van der Waals surface area contributed by atoms with Crippen molar-refractivity contribution < 1.29 is 18.7 Å². The highest BCUT2D eigenvalue weighted by atomic mass is 19.3. The lowest BCUT2D eigenvalue weighted by Gasteiger charge is -2.39. The highest BCUT2D eigenvalue weighted by Gasteiger charge is 2.48. The predicted molar refractivity (Wildman–Crippen MR) is 43.7 cm³/mol. The standard InChI is InChI=1S/C9H14F2O2/c1-8(2)5-9(10,11)4-3-6(8)7(12)13/h6H,3-5H2,1-2H3,(H,12,13). The van der Waals surface area contributed by atoms with Crippen molar-refractivity contribution in [1.82, 2.24) is 0 Å². The largest absolute Gasteiger partial charge is 0.481 e. The Kier molecular flexibility index (Phi) is 2.34. The highest BCUT2D eigenvalue weighted by molar-refractivity contribution is 5.71. The summed E-state index contributed by atoms with van der Waals surface area (Å²) in [7, 11) is 0. The molecule has 4 heteroatoms. The van der Waals surface area contributed by atoms with Crippen molar-refractivity contribution in [3.05, 3.63) is 0 Å². The maximum absolute atomic E-state index is 12.9. The monoisotopic (exact) mass is 192 g/mol. The first-order valence-corrected chi connectivity index (χ1v) is 4.35. The molecule has 13 heavy (non-hydrogen) atoms. The van der Waals surface area contributed by atoms with Crippen LogP contribution < -0.4 is 0 Å². The smallest absolute Gasteiger partial charge is 0.307 e. The van der Waals surface area contributed by atoms with Gasteiger partial charge in [-0.15, -0.1) is 0 Å². The molecule has 0 bridgehead atoms. The molecule has 0 amide bonds. The molecule has 1 N–H and O–H groups in total. The number of carbonyl (C=O) groups is 1. The fraction of sp³-hybridized carbons (Fsp3) is 0.889. The van der Waals surface area contributed by atoms with E-state index >= 15 is 0 Å². The number of alkyl halides is 2. The normalized spacial score (nSPS) is 31.2. The number of aliphatic carboxylic acids is 1. The van der Waals surface area contributed by atoms with Gasteiger partial charge in [0.2, 0.25) is 5.92 Å². The molecular formula is C9H14F2O2. The Morgan fingerprint density at radius 2 is 2.00 bits per heavy atom. The van der Waals surface area contributed by atoms with E-state index in [4.69, 9.17) is 5.11 Å². The van der Waals surface area contributed by atoms with Crippen LogP contribution in [0.4, 0.5) is 8.78 Å². The van der Waals surface area contributed by atoms with Gasteiger partial charge >= 0.3 is 5.97 Å². The van der Waals surface area contributed by atoms with Crippen LogP contribution in [-0.4, -0.2) is 17.0 Å². The Morgan fingerprint density at radius 1 is 1.46 bits per heavy atom. The second kappa shape index (κ2) is 2.93. The first-order valence-electron chi connectivity index (χ1n) is 4.35. The minimum absolute atomic E-state index is 0.0787. The summed E-state index contributed by atoms with van der Waals surface area (Å²) in [4.78, 5) is 10.7. The molecule has 1 aliphatic carbocycles. The fourth-order valence-corrected chi connectivity index (χ4v) is 2.08. The summed E-state index contributed by atoms with van der Waals surface area (Å²) in [6, 6.07) is 0. The van der Waals surface area contributed by atoms with E-state index in [0.717, 1.165) is 0 Å². The maximum Gasteiger partial charge on any atom is 0.307 e. The molecule has 0 aromatic rings. The van der Waals surface area contributed by atoms with E-state index in [1.807, 2.05) is 0 Å². The van der Waals surface area contributed by atoms with Gasteiger partial charge in [0.15, 0.2) is 0 Å². The zero-order valence-electron chi connectivity index (χ0n) is 7.81. The lowest BCUT2D eigenvalue weighted by atomic mass is 9.67. The molecule has 76 valence electrons. The second-order valence-corrected chi connectivity index (χ2v) is 4.45. The van der Waals surface area contributed by atoms with Crippen LogP contribution in [0.5, 0.6) is 0 Å². The number of carboxylic acids is 1. The van der Waals surface area contributed by atoms with E-state index in [-0.39, 0.29) is 19.3 Å². The van der Waals surface area contributed by atoms with Crippen molar-refractivity contribution in [2.24, 2.45) is 11.3 Å². The summed E-state index contributed by atoms with van der Waals surface area (Å²) in [6.07, 6.45) is -0.542. The maximum atomic E-state index is 12.9. The van der Waals surface area contributed by atoms with Gasteiger partial charge in [0.1, 0.15) is 0 Å². The minimum Gasteiger partial charge on any atom is -0.481 e. The van der Waals surface area contributed by atoms with Gasteiger partial charge in [-0.05, 0) is 11.8 Å². The molecule has 1 fully saturated rings. The van der Waals surface area contributed by atoms with E-state index in [9.17, 15) is 13.6 Å². The van der Waals surface area contributed by atoms with E-state index in [1.165, 1.54) is 0 Å². The molecule has 0 radical (unpaired) electrons. The van der Waals surface area contributed by atoms with E-state index < -0.39 is 23.2 Å². The molecule has 1 atom stereocenters. The average molecular weight is 192 g/mol. The first kappa shape index (κ1) is 10.4. The van der Waals surface area contributed by atoms with Crippen LogP contribution in [0.2, 0.25) is 0 Å². The summed E-state index contributed by atoms with van der Waals surface area (Å²) >= 11 is 0. The molecule has 2 nitrogen and oxygen atoms in total. The van der Waals surface area contributed by atoms with Gasteiger partial charge in [-0.3, -0.25) is 4.79 Å². The van der Waals surface area contributed by atoms with Crippen LogP contribution in [0, 0.1) is 11.3 Å². The molecule has 0 heterocycles. The van der Waals surface area contributed by atoms with Crippen LogP contribution in [0.25, 0.3) is 0 Å². The number of carboxylic acid groups (broad SMARTS) is 1. The zero-order chi connectivity index (χ0) is 10.3. The van der Waals surface area contributed by atoms with Gasteiger partial charge in [0.05, 0.1) is 5.92 Å². The lowest BCUT2D eigenvalue weighted by molar-refractivity contribution is -0.156. The number of rotatable bonds is 1. The van der Waals surface area contributed by atoms with Crippen molar-refractivity contribution in [2.45, 2.75) is 39.0 Å². The van der Waals surface area contributed by atoms with Crippen LogP contribution in [0.1, 0.15) is 33.1 Å². The van der Waals surface area contributed by atoms with Crippen LogP contribution >= 0.6 is 0 Å². The van der Waals surface area contributed by atoms with Crippen LogP contribution in [0.15, 0.2) is 0 Å². The van der Waals surface area contributed by atoms with Crippen LogP contribution in [0.3, 0.4) is 0 Å². The Morgan fingerprint density at radius 3 is 2.38 bits per heavy atom. The molecular weight excluding hydrogens is 178 g/mol. The van der Waals surface area contributed by atoms with E-state index in [2.05, 4.69) is 0 Å². The Bertz CT molecular complexity index is 224. The molecule has 0 saturated heterocycles. The van der Waals surface area contributed by atoms with Crippen molar-refractivity contribution in [2.75, 3.05) is 0 Å². The highest BCUT2D eigenvalue weighted by Crippen LogP contribution is 2.47. The molecule has 1 aliphatic rings. The molecule has 0 aromatic carbocycles. The van der Waals surface area contributed by atoms with E-state index in [0.29, 0.717) is 0 Å². The quantitative estimate of drug-likeness (QED) is 0.693. The Balaban J connectivity index is 2.79. The Hall–Kier alpha value is -0.670. The van der Waals surface area contributed by atoms with Gasteiger partial charge in [-0.1, -0.05) is 13.8 Å². The molecule has 0 aliphatic heterocycles. The van der Waals surface area contributed by atoms with Gasteiger partial charge in [-0.25, -0.2) is 8.78 Å². The summed E-state index contributed by atoms with van der Waals surface area (Å²) in [5.41, 5.74) is -0.798. The zero-order valence-corrected chi connectivity index (χ0v) is 7.81. The fourth-order valence-electron chi connectivity index (χ4n) is 2.08. The van der Waals surface area contributed by atoms with Gasteiger partial charge < -0.3 is 5.11 Å². The van der Waals surface area contributed by atoms with Gasteiger partial charge in [0.25, 0.3) is 0 Å². The van der Waals surface area contributed by atoms with Crippen LogP contribution in [-0.2, 0) is 4.79 Å². The third-order valence-corrected chi connectivity index (χ3v) is 2.75.